The van der Waals surface area contributed by atoms with Gasteiger partial charge in [0.1, 0.15) is 5.82 Å². The summed E-state index contributed by atoms with van der Waals surface area (Å²) in [4.78, 5) is 15.6. The summed E-state index contributed by atoms with van der Waals surface area (Å²) in [5.74, 6) is 0.360. The number of pyridine rings is 1. The number of carbonyl (C=O) groups excluding carboxylic acids is 1. The maximum absolute atomic E-state index is 11.7. The quantitative estimate of drug-likeness (QED) is 0.696. The predicted molar refractivity (Wildman–Crippen MR) is 74.4 cm³/mol. The van der Waals surface area contributed by atoms with Crippen LogP contribution in [0, 0.1) is 0 Å². The van der Waals surface area contributed by atoms with E-state index in [4.69, 9.17) is 5.73 Å². The van der Waals surface area contributed by atoms with Crippen molar-refractivity contribution in [3.8, 4) is 0 Å². The third-order valence-electron chi connectivity index (χ3n) is 2.86. The van der Waals surface area contributed by atoms with Gasteiger partial charge in [-0.15, -0.1) is 0 Å². The molecule has 0 aliphatic heterocycles. The lowest BCUT2D eigenvalue weighted by Gasteiger charge is -2.05. The molecule has 0 atom stereocenters. The topological polar surface area (TPSA) is 68.0 Å². The Balaban J connectivity index is 2.12. The van der Waals surface area contributed by atoms with Gasteiger partial charge in [0.15, 0.2) is 0 Å². The highest BCUT2D eigenvalue weighted by atomic mass is 16.1. The number of unbranched alkanes of at least 4 members (excludes halogenated alkanes) is 5. The van der Waals surface area contributed by atoms with Gasteiger partial charge in [0.05, 0.1) is 5.56 Å². The second-order valence-corrected chi connectivity index (χ2v) is 4.50. The van der Waals surface area contributed by atoms with Crippen molar-refractivity contribution >= 4 is 11.7 Å². The van der Waals surface area contributed by atoms with Gasteiger partial charge < -0.3 is 11.1 Å². The van der Waals surface area contributed by atoms with E-state index in [1.54, 1.807) is 12.1 Å². The van der Waals surface area contributed by atoms with Gasteiger partial charge in [-0.2, -0.15) is 0 Å². The Labute approximate surface area is 109 Å². The first-order valence-electron chi connectivity index (χ1n) is 6.73. The largest absolute Gasteiger partial charge is 0.384 e. The third-order valence-corrected chi connectivity index (χ3v) is 2.86. The Morgan fingerprint density at radius 2 is 1.94 bits per heavy atom. The van der Waals surface area contributed by atoms with E-state index in [9.17, 15) is 4.79 Å². The van der Waals surface area contributed by atoms with Crippen LogP contribution < -0.4 is 11.1 Å². The zero-order valence-corrected chi connectivity index (χ0v) is 11.1. The first-order valence-corrected chi connectivity index (χ1v) is 6.73. The van der Waals surface area contributed by atoms with E-state index >= 15 is 0 Å². The number of hydrogen-bond donors (Lipinski definition) is 2. The molecule has 4 heteroatoms. The second-order valence-electron chi connectivity index (χ2n) is 4.50. The Morgan fingerprint density at radius 3 is 2.61 bits per heavy atom. The van der Waals surface area contributed by atoms with Crippen molar-refractivity contribution in [1.29, 1.82) is 0 Å². The van der Waals surface area contributed by atoms with Crippen molar-refractivity contribution in [3.05, 3.63) is 23.9 Å². The molecule has 1 aromatic rings. The standard InChI is InChI=1S/C14H23N3O/c1-2-3-4-5-6-7-10-16-14(18)12-8-9-13(15)17-11-12/h8-9,11H,2-7,10H2,1H3,(H2,15,17)(H,16,18). The molecular formula is C14H23N3O. The smallest absolute Gasteiger partial charge is 0.252 e. The molecule has 0 fully saturated rings. The Bertz CT molecular complexity index is 349. The molecule has 100 valence electrons. The molecule has 0 saturated heterocycles. The van der Waals surface area contributed by atoms with Crippen LogP contribution in [0.4, 0.5) is 5.82 Å². The molecule has 0 aliphatic rings. The van der Waals surface area contributed by atoms with E-state index in [2.05, 4.69) is 17.2 Å². The van der Waals surface area contributed by atoms with E-state index in [1.165, 1.54) is 38.3 Å². The van der Waals surface area contributed by atoms with Crippen molar-refractivity contribution < 1.29 is 4.79 Å². The van der Waals surface area contributed by atoms with Gasteiger partial charge in [0, 0.05) is 12.7 Å². The van der Waals surface area contributed by atoms with Gasteiger partial charge in [-0.3, -0.25) is 4.79 Å². The molecule has 0 radical (unpaired) electrons. The number of anilines is 1. The van der Waals surface area contributed by atoms with Gasteiger partial charge in [0.2, 0.25) is 0 Å². The SMILES string of the molecule is CCCCCCCCNC(=O)c1ccc(N)nc1. The summed E-state index contributed by atoms with van der Waals surface area (Å²) in [6.07, 6.45) is 8.86. The fraction of sp³-hybridized carbons (Fsp3) is 0.571. The van der Waals surface area contributed by atoms with E-state index in [0.717, 1.165) is 13.0 Å². The highest BCUT2D eigenvalue weighted by Crippen LogP contribution is 2.05. The van der Waals surface area contributed by atoms with Crippen molar-refractivity contribution in [2.24, 2.45) is 0 Å². The summed E-state index contributed by atoms with van der Waals surface area (Å²) in [7, 11) is 0. The Kier molecular flexibility index (Phi) is 6.84. The molecule has 1 heterocycles. The van der Waals surface area contributed by atoms with Crippen molar-refractivity contribution in [2.45, 2.75) is 45.4 Å². The highest BCUT2D eigenvalue weighted by Gasteiger charge is 2.04. The van der Waals surface area contributed by atoms with Crippen LogP contribution in [0.15, 0.2) is 18.3 Å². The molecule has 0 aliphatic carbocycles. The lowest BCUT2D eigenvalue weighted by atomic mass is 10.1. The van der Waals surface area contributed by atoms with Crippen molar-refractivity contribution in [3.63, 3.8) is 0 Å². The molecule has 1 rings (SSSR count). The van der Waals surface area contributed by atoms with Crippen LogP contribution in [-0.4, -0.2) is 17.4 Å². The van der Waals surface area contributed by atoms with Crippen LogP contribution in [-0.2, 0) is 0 Å². The number of nitrogens with one attached hydrogen (secondary N) is 1. The van der Waals surface area contributed by atoms with Gasteiger partial charge >= 0.3 is 0 Å². The number of nitrogens with two attached hydrogens (primary N) is 1. The molecule has 0 unspecified atom stereocenters. The number of hydrogen-bond acceptors (Lipinski definition) is 3. The lowest BCUT2D eigenvalue weighted by Crippen LogP contribution is -2.24. The average molecular weight is 249 g/mol. The molecule has 3 N–H and O–H groups in total. The first kappa shape index (κ1) is 14.5. The van der Waals surface area contributed by atoms with Gasteiger partial charge in [-0.1, -0.05) is 39.0 Å². The number of nitrogens with zero attached hydrogens (tertiary/aromatic N) is 1. The van der Waals surface area contributed by atoms with Crippen LogP contribution in [0.2, 0.25) is 0 Å². The van der Waals surface area contributed by atoms with Gasteiger partial charge in [-0.05, 0) is 18.6 Å². The van der Waals surface area contributed by atoms with Crippen LogP contribution in [0.3, 0.4) is 0 Å². The molecule has 0 spiro atoms. The van der Waals surface area contributed by atoms with E-state index in [-0.39, 0.29) is 5.91 Å². The molecule has 1 amide bonds. The fourth-order valence-corrected chi connectivity index (χ4v) is 1.75. The summed E-state index contributed by atoms with van der Waals surface area (Å²) in [5.41, 5.74) is 6.03. The number of rotatable bonds is 8. The second kappa shape index (κ2) is 8.50. The first-order chi connectivity index (χ1) is 8.74. The zero-order chi connectivity index (χ0) is 13.2. The predicted octanol–water partition coefficient (Wildman–Crippen LogP) is 2.75. The third kappa shape index (κ3) is 5.66. The highest BCUT2D eigenvalue weighted by molar-refractivity contribution is 5.93. The molecule has 0 saturated carbocycles. The van der Waals surface area contributed by atoms with Crippen molar-refractivity contribution in [1.82, 2.24) is 10.3 Å². The minimum Gasteiger partial charge on any atom is -0.384 e. The number of carbonyl (C=O) groups is 1. The average Bonchev–Trinajstić information content (AvgIpc) is 2.38. The van der Waals surface area contributed by atoms with Crippen LogP contribution in [0.5, 0.6) is 0 Å². The maximum Gasteiger partial charge on any atom is 0.252 e. The number of nitrogen functional groups attached to an aromatic ring is 1. The van der Waals surface area contributed by atoms with E-state index in [1.807, 2.05) is 0 Å². The summed E-state index contributed by atoms with van der Waals surface area (Å²) in [6.45, 7) is 2.94. The lowest BCUT2D eigenvalue weighted by molar-refractivity contribution is 0.0952. The molecular weight excluding hydrogens is 226 g/mol. The monoisotopic (exact) mass is 249 g/mol. The maximum atomic E-state index is 11.7. The fourth-order valence-electron chi connectivity index (χ4n) is 1.75. The molecule has 1 aromatic heterocycles. The van der Waals surface area contributed by atoms with Gasteiger partial charge in [-0.25, -0.2) is 4.98 Å². The number of amides is 1. The normalized spacial score (nSPS) is 10.3. The number of aromatic nitrogens is 1. The van der Waals surface area contributed by atoms with E-state index < -0.39 is 0 Å². The van der Waals surface area contributed by atoms with Crippen molar-refractivity contribution in [2.75, 3.05) is 12.3 Å². The summed E-state index contributed by atoms with van der Waals surface area (Å²) >= 11 is 0. The molecule has 18 heavy (non-hydrogen) atoms. The summed E-state index contributed by atoms with van der Waals surface area (Å²) in [5, 5.41) is 2.89. The Morgan fingerprint density at radius 1 is 1.22 bits per heavy atom. The zero-order valence-electron chi connectivity index (χ0n) is 11.1. The van der Waals surface area contributed by atoms with Crippen LogP contribution in [0.25, 0.3) is 0 Å². The van der Waals surface area contributed by atoms with Gasteiger partial charge in [0.25, 0.3) is 5.91 Å². The molecule has 4 nitrogen and oxygen atoms in total. The van der Waals surface area contributed by atoms with E-state index in [0.29, 0.717) is 11.4 Å². The van der Waals surface area contributed by atoms with Crippen LogP contribution >= 0.6 is 0 Å². The minimum atomic E-state index is -0.0731. The summed E-state index contributed by atoms with van der Waals surface area (Å²) in [6, 6.07) is 3.33. The minimum absolute atomic E-state index is 0.0731. The molecule has 0 bridgehead atoms. The Hall–Kier alpha value is -1.58. The molecule has 0 aromatic carbocycles. The summed E-state index contributed by atoms with van der Waals surface area (Å²) < 4.78 is 0. The van der Waals surface area contributed by atoms with Crippen LogP contribution in [0.1, 0.15) is 55.8 Å².